The van der Waals surface area contributed by atoms with E-state index in [1.165, 1.54) is 0 Å². The smallest absolute Gasteiger partial charge is 0.123 e. The van der Waals surface area contributed by atoms with Gasteiger partial charge in [0.2, 0.25) is 0 Å². The van der Waals surface area contributed by atoms with Crippen LogP contribution in [0.2, 0.25) is 0 Å². The quantitative estimate of drug-likeness (QED) is 0.757. The summed E-state index contributed by atoms with van der Waals surface area (Å²) in [6.45, 7) is 0.687. The van der Waals surface area contributed by atoms with Crippen LogP contribution in [0.4, 0.5) is 0 Å². The van der Waals surface area contributed by atoms with Crippen molar-refractivity contribution in [3.8, 4) is 11.5 Å². The van der Waals surface area contributed by atoms with Gasteiger partial charge in [0.25, 0.3) is 0 Å². The van der Waals surface area contributed by atoms with Gasteiger partial charge in [0.05, 0.1) is 26.2 Å². The molecule has 1 N–H and O–H groups in total. The summed E-state index contributed by atoms with van der Waals surface area (Å²) in [5, 5.41) is 10.5. The van der Waals surface area contributed by atoms with Gasteiger partial charge in [-0.3, -0.25) is 0 Å². The van der Waals surface area contributed by atoms with E-state index in [0.29, 0.717) is 12.2 Å². The molecule has 5 heteroatoms. The lowest BCUT2D eigenvalue weighted by Gasteiger charge is -2.09. The second kappa shape index (κ2) is 7.19. The minimum atomic E-state index is -0.756. The molecule has 0 aliphatic heterocycles. The Morgan fingerprint density at radius 1 is 0.958 bits per heavy atom. The fraction of sp³-hybridized carbons (Fsp3) is 0.211. The summed E-state index contributed by atoms with van der Waals surface area (Å²) in [5.74, 6) is 1.59. The van der Waals surface area contributed by atoms with Crippen LogP contribution in [-0.4, -0.2) is 28.9 Å². The number of imidazole rings is 1. The molecule has 0 bridgehead atoms. The summed E-state index contributed by atoms with van der Waals surface area (Å²) in [4.78, 5) is 4.32. The van der Waals surface area contributed by atoms with Gasteiger partial charge in [-0.2, -0.15) is 0 Å². The van der Waals surface area contributed by atoms with E-state index in [2.05, 4.69) is 4.98 Å². The predicted octanol–water partition coefficient (Wildman–Crippen LogP) is 3.03. The molecule has 124 valence electrons. The van der Waals surface area contributed by atoms with Crippen LogP contribution in [0, 0.1) is 0 Å². The van der Waals surface area contributed by atoms with Gasteiger partial charge < -0.3 is 19.1 Å². The van der Waals surface area contributed by atoms with Crippen LogP contribution in [0.25, 0.3) is 0 Å². The van der Waals surface area contributed by atoms with E-state index in [-0.39, 0.29) is 0 Å². The Morgan fingerprint density at radius 3 is 2.12 bits per heavy atom. The molecule has 2 aromatic carbocycles. The van der Waals surface area contributed by atoms with Crippen molar-refractivity contribution in [2.75, 3.05) is 14.2 Å². The minimum absolute atomic E-state index is 0.619. The molecule has 1 atom stereocenters. The molecule has 0 radical (unpaired) electrons. The Labute approximate surface area is 141 Å². The van der Waals surface area contributed by atoms with Crippen LogP contribution in [0.15, 0.2) is 61.1 Å². The molecular weight excluding hydrogens is 304 g/mol. The Morgan fingerprint density at radius 2 is 1.54 bits per heavy atom. The van der Waals surface area contributed by atoms with Gasteiger partial charge in [0.15, 0.2) is 0 Å². The zero-order chi connectivity index (χ0) is 16.9. The van der Waals surface area contributed by atoms with Crippen molar-refractivity contribution < 1.29 is 14.6 Å². The van der Waals surface area contributed by atoms with E-state index in [1.807, 2.05) is 59.3 Å². The van der Waals surface area contributed by atoms with Crippen LogP contribution in [0.5, 0.6) is 11.5 Å². The zero-order valence-electron chi connectivity index (χ0n) is 13.7. The van der Waals surface area contributed by atoms with E-state index in [0.717, 1.165) is 22.6 Å². The lowest BCUT2D eigenvalue weighted by atomic mass is 10.1. The molecular formula is C19H20N2O3. The first kappa shape index (κ1) is 16.1. The summed E-state index contributed by atoms with van der Waals surface area (Å²) in [6.07, 6.45) is 2.83. The largest absolute Gasteiger partial charge is 0.497 e. The number of nitrogens with zero attached hydrogens (tertiary/aromatic N) is 2. The van der Waals surface area contributed by atoms with Crippen molar-refractivity contribution in [1.29, 1.82) is 0 Å². The highest BCUT2D eigenvalue weighted by molar-refractivity contribution is 5.32. The molecule has 0 saturated carbocycles. The molecule has 3 aromatic rings. The Bertz CT molecular complexity index is 779. The second-order valence-corrected chi connectivity index (χ2v) is 5.49. The fourth-order valence-electron chi connectivity index (χ4n) is 2.50. The minimum Gasteiger partial charge on any atom is -0.497 e. The van der Waals surface area contributed by atoms with Crippen LogP contribution in [0.3, 0.4) is 0 Å². The zero-order valence-corrected chi connectivity index (χ0v) is 13.7. The van der Waals surface area contributed by atoms with Crippen LogP contribution >= 0.6 is 0 Å². The first-order valence-electron chi connectivity index (χ1n) is 7.66. The highest BCUT2D eigenvalue weighted by Crippen LogP contribution is 2.23. The number of hydrogen-bond acceptors (Lipinski definition) is 4. The van der Waals surface area contributed by atoms with Gasteiger partial charge in [0.1, 0.15) is 17.6 Å². The van der Waals surface area contributed by atoms with Crippen molar-refractivity contribution in [3.63, 3.8) is 0 Å². The number of rotatable bonds is 6. The summed E-state index contributed by atoms with van der Waals surface area (Å²) in [5.41, 5.74) is 2.54. The van der Waals surface area contributed by atoms with E-state index >= 15 is 0 Å². The third-order valence-corrected chi connectivity index (χ3v) is 3.89. The van der Waals surface area contributed by atoms with Gasteiger partial charge >= 0.3 is 0 Å². The normalized spacial score (nSPS) is 12.0. The maximum absolute atomic E-state index is 10.5. The maximum atomic E-state index is 10.5. The molecule has 0 saturated heterocycles. The van der Waals surface area contributed by atoms with E-state index in [1.54, 1.807) is 20.5 Å². The topological polar surface area (TPSA) is 56.5 Å². The molecule has 1 heterocycles. The third-order valence-electron chi connectivity index (χ3n) is 3.89. The number of ether oxygens (including phenoxy) is 2. The standard InChI is InChI=1S/C19H20N2O3/c1-23-16-7-3-14(4-8-16)11-21-12-18(20-13-21)19(22)15-5-9-17(24-2)10-6-15/h3-10,12-13,19,22H,11H2,1-2H3. The van der Waals surface area contributed by atoms with Crippen molar-refractivity contribution in [1.82, 2.24) is 9.55 Å². The summed E-state index contributed by atoms with van der Waals surface area (Å²) in [6, 6.07) is 15.2. The maximum Gasteiger partial charge on any atom is 0.123 e. The third kappa shape index (κ3) is 3.58. The summed E-state index contributed by atoms with van der Waals surface area (Å²) in [7, 11) is 3.27. The fourth-order valence-corrected chi connectivity index (χ4v) is 2.50. The highest BCUT2D eigenvalue weighted by Gasteiger charge is 2.13. The van der Waals surface area contributed by atoms with E-state index in [4.69, 9.17) is 9.47 Å². The number of benzene rings is 2. The van der Waals surface area contributed by atoms with Crippen molar-refractivity contribution >= 4 is 0 Å². The van der Waals surface area contributed by atoms with Crippen LogP contribution < -0.4 is 9.47 Å². The molecule has 0 amide bonds. The number of aromatic nitrogens is 2. The first-order valence-corrected chi connectivity index (χ1v) is 7.66. The molecule has 0 aliphatic rings. The van der Waals surface area contributed by atoms with Gasteiger partial charge in [-0.1, -0.05) is 24.3 Å². The monoisotopic (exact) mass is 324 g/mol. The molecule has 0 aliphatic carbocycles. The van der Waals surface area contributed by atoms with Crippen LogP contribution in [-0.2, 0) is 6.54 Å². The number of aliphatic hydroxyl groups is 1. The average Bonchev–Trinajstić information content (AvgIpc) is 3.10. The highest BCUT2D eigenvalue weighted by atomic mass is 16.5. The van der Waals surface area contributed by atoms with E-state index in [9.17, 15) is 5.11 Å². The van der Waals surface area contributed by atoms with Gasteiger partial charge in [-0.25, -0.2) is 4.98 Å². The molecule has 0 spiro atoms. The lowest BCUT2D eigenvalue weighted by Crippen LogP contribution is -2.00. The van der Waals surface area contributed by atoms with Crippen molar-refractivity contribution in [2.24, 2.45) is 0 Å². The average molecular weight is 324 g/mol. The molecule has 24 heavy (non-hydrogen) atoms. The Balaban J connectivity index is 1.71. The number of hydrogen-bond donors (Lipinski definition) is 1. The van der Waals surface area contributed by atoms with Crippen molar-refractivity contribution in [2.45, 2.75) is 12.6 Å². The number of aliphatic hydroxyl groups excluding tert-OH is 1. The predicted molar refractivity (Wildman–Crippen MR) is 91.4 cm³/mol. The summed E-state index contributed by atoms with van der Waals surface area (Å²) >= 11 is 0. The van der Waals surface area contributed by atoms with Crippen LogP contribution in [0.1, 0.15) is 22.9 Å². The van der Waals surface area contributed by atoms with Gasteiger partial charge in [-0.05, 0) is 35.4 Å². The Kier molecular flexibility index (Phi) is 4.82. The van der Waals surface area contributed by atoms with Gasteiger partial charge in [0, 0.05) is 12.7 Å². The van der Waals surface area contributed by atoms with Crippen molar-refractivity contribution in [3.05, 3.63) is 77.9 Å². The molecule has 1 aromatic heterocycles. The SMILES string of the molecule is COc1ccc(Cn2cnc(C(O)c3ccc(OC)cc3)c2)cc1. The second-order valence-electron chi connectivity index (χ2n) is 5.49. The molecule has 0 fully saturated rings. The molecule has 1 unspecified atom stereocenters. The first-order chi connectivity index (χ1) is 11.7. The Hall–Kier alpha value is -2.79. The van der Waals surface area contributed by atoms with E-state index < -0.39 is 6.10 Å². The lowest BCUT2D eigenvalue weighted by molar-refractivity contribution is 0.215. The molecule has 5 nitrogen and oxygen atoms in total. The number of methoxy groups -OCH3 is 2. The summed E-state index contributed by atoms with van der Waals surface area (Å²) < 4.78 is 12.2. The van der Waals surface area contributed by atoms with Gasteiger partial charge in [-0.15, -0.1) is 0 Å². The molecule has 3 rings (SSSR count).